The second-order valence-corrected chi connectivity index (χ2v) is 6.14. The van der Waals surface area contributed by atoms with E-state index < -0.39 is 20.9 Å². The quantitative estimate of drug-likeness (QED) is 0.871. The first kappa shape index (κ1) is 12.4. The van der Waals surface area contributed by atoms with Crippen molar-refractivity contribution in [3.05, 3.63) is 24.1 Å². The second-order valence-electron chi connectivity index (χ2n) is 4.46. The topological polar surface area (TPSA) is 59.1 Å². The number of pyridine rings is 1. The van der Waals surface area contributed by atoms with Gasteiger partial charge < -0.3 is 0 Å². The summed E-state index contributed by atoms with van der Waals surface area (Å²) in [4.78, 5) is 3.56. The van der Waals surface area contributed by atoms with Crippen LogP contribution in [0.25, 0.3) is 0 Å². The highest BCUT2D eigenvalue weighted by molar-refractivity contribution is 7.89. The number of rotatable bonds is 5. The Morgan fingerprint density at radius 3 is 2.88 bits per heavy atom. The van der Waals surface area contributed by atoms with Gasteiger partial charge >= 0.3 is 0 Å². The minimum atomic E-state index is -3.83. The molecule has 17 heavy (non-hydrogen) atoms. The number of halogens is 1. The average Bonchev–Trinajstić information content (AvgIpc) is 3.10. The first-order chi connectivity index (χ1) is 8.00. The minimum Gasteiger partial charge on any atom is -0.241 e. The van der Waals surface area contributed by atoms with Gasteiger partial charge in [-0.15, -0.1) is 0 Å². The van der Waals surface area contributed by atoms with E-state index in [1.54, 1.807) is 0 Å². The number of nitrogens with one attached hydrogen (secondary N) is 1. The highest BCUT2D eigenvalue weighted by Crippen LogP contribution is 2.36. The summed E-state index contributed by atoms with van der Waals surface area (Å²) in [7, 11) is -3.83. The molecule has 6 heteroatoms. The molecule has 1 atom stereocenters. The summed E-state index contributed by atoms with van der Waals surface area (Å²) >= 11 is 0. The molecule has 1 aromatic heterocycles. The molecule has 1 N–H and O–H groups in total. The Labute approximate surface area is 100 Å². The molecule has 1 aliphatic rings. The van der Waals surface area contributed by atoms with Crippen LogP contribution in [0.15, 0.2) is 23.4 Å². The predicted molar refractivity (Wildman–Crippen MR) is 61.3 cm³/mol. The largest absolute Gasteiger partial charge is 0.261 e. The maximum absolute atomic E-state index is 13.3. The van der Waals surface area contributed by atoms with E-state index in [2.05, 4.69) is 9.71 Å². The van der Waals surface area contributed by atoms with Crippen molar-refractivity contribution >= 4 is 10.0 Å². The molecule has 0 saturated heterocycles. The van der Waals surface area contributed by atoms with Crippen LogP contribution in [0.3, 0.4) is 0 Å². The summed E-state index contributed by atoms with van der Waals surface area (Å²) in [6.45, 7) is 2.33. The van der Waals surface area contributed by atoms with Crippen molar-refractivity contribution in [2.24, 2.45) is 11.8 Å². The van der Waals surface area contributed by atoms with Crippen molar-refractivity contribution in [1.82, 2.24) is 9.71 Å². The number of hydrogen-bond acceptors (Lipinski definition) is 3. The summed E-state index contributed by atoms with van der Waals surface area (Å²) in [5.74, 6) is 0.0712. The number of aromatic nitrogens is 1. The van der Waals surface area contributed by atoms with Crippen LogP contribution in [0.2, 0.25) is 0 Å². The first-order valence-electron chi connectivity index (χ1n) is 5.61. The van der Waals surface area contributed by atoms with E-state index in [1.807, 2.05) is 6.92 Å². The molecule has 0 bridgehead atoms. The summed E-state index contributed by atoms with van der Waals surface area (Å²) < 4.78 is 39.3. The van der Waals surface area contributed by atoms with E-state index in [0.717, 1.165) is 18.9 Å². The molecule has 1 heterocycles. The SMILES string of the molecule is CC(CNS(=O)(=O)c1ncccc1F)C1CC1. The lowest BCUT2D eigenvalue weighted by atomic mass is 10.1. The van der Waals surface area contributed by atoms with Crippen molar-refractivity contribution in [1.29, 1.82) is 0 Å². The molecule has 1 aromatic rings. The fourth-order valence-electron chi connectivity index (χ4n) is 1.71. The third-order valence-electron chi connectivity index (χ3n) is 3.00. The zero-order valence-corrected chi connectivity index (χ0v) is 10.4. The molecule has 0 spiro atoms. The van der Waals surface area contributed by atoms with Crippen molar-refractivity contribution in [2.75, 3.05) is 6.54 Å². The molecule has 0 radical (unpaired) electrons. The molecule has 2 rings (SSSR count). The summed E-state index contributed by atoms with van der Waals surface area (Å²) in [6, 6.07) is 2.45. The van der Waals surface area contributed by atoms with E-state index in [-0.39, 0.29) is 5.92 Å². The zero-order chi connectivity index (χ0) is 12.5. The van der Waals surface area contributed by atoms with Crippen LogP contribution in [-0.2, 0) is 10.0 Å². The van der Waals surface area contributed by atoms with Gasteiger partial charge in [-0.1, -0.05) is 6.92 Å². The van der Waals surface area contributed by atoms with E-state index in [0.29, 0.717) is 12.5 Å². The third-order valence-corrected chi connectivity index (χ3v) is 4.36. The molecule has 1 unspecified atom stereocenters. The Kier molecular flexibility index (Phi) is 3.44. The van der Waals surface area contributed by atoms with Crippen LogP contribution in [0.5, 0.6) is 0 Å². The lowest BCUT2D eigenvalue weighted by molar-refractivity contribution is 0.487. The van der Waals surface area contributed by atoms with Gasteiger partial charge in [0.1, 0.15) is 0 Å². The van der Waals surface area contributed by atoms with Gasteiger partial charge in [-0.05, 0) is 36.8 Å². The van der Waals surface area contributed by atoms with Crippen molar-refractivity contribution in [3.8, 4) is 0 Å². The molecule has 4 nitrogen and oxygen atoms in total. The zero-order valence-electron chi connectivity index (χ0n) is 9.56. The highest BCUT2D eigenvalue weighted by Gasteiger charge is 2.29. The highest BCUT2D eigenvalue weighted by atomic mass is 32.2. The number of hydrogen-bond donors (Lipinski definition) is 1. The molecule has 0 aliphatic heterocycles. The van der Waals surface area contributed by atoms with Crippen LogP contribution in [0, 0.1) is 17.7 Å². The van der Waals surface area contributed by atoms with Gasteiger partial charge in [0.25, 0.3) is 10.0 Å². The third kappa shape index (κ3) is 3.01. The lowest BCUT2D eigenvalue weighted by Crippen LogP contribution is -2.30. The molecule has 94 valence electrons. The van der Waals surface area contributed by atoms with Gasteiger partial charge in [-0.2, -0.15) is 0 Å². The lowest BCUT2D eigenvalue weighted by Gasteiger charge is -2.11. The predicted octanol–water partition coefficient (Wildman–Crippen LogP) is 1.55. The Balaban J connectivity index is 2.05. The van der Waals surface area contributed by atoms with Crippen LogP contribution < -0.4 is 4.72 Å². The smallest absolute Gasteiger partial charge is 0.241 e. The number of nitrogens with zero attached hydrogens (tertiary/aromatic N) is 1. The Morgan fingerprint density at radius 2 is 2.29 bits per heavy atom. The molecular formula is C11H15FN2O2S. The Hall–Kier alpha value is -1.01. The molecule has 0 aromatic carbocycles. The van der Waals surface area contributed by atoms with Crippen LogP contribution in [0.4, 0.5) is 4.39 Å². The second kappa shape index (κ2) is 4.70. The molecule has 1 fully saturated rings. The van der Waals surface area contributed by atoms with Gasteiger partial charge in [-0.25, -0.2) is 22.5 Å². The summed E-state index contributed by atoms with van der Waals surface area (Å²) in [5.41, 5.74) is 0. The summed E-state index contributed by atoms with van der Waals surface area (Å²) in [5, 5.41) is -0.525. The standard InChI is InChI=1S/C11H15FN2O2S/c1-8(9-4-5-9)7-14-17(15,16)11-10(12)3-2-6-13-11/h2-3,6,8-9,14H,4-5,7H2,1H3. The van der Waals surface area contributed by atoms with E-state index in [9.17, 15) is 12.8 Å². The van der Waals surface area contributed by atoms with Crippen molar-refractivity contribution < 1.29 is 12.8 Å². The number of sulfonamides is 1. The Bertz CT molecular complexity index is 500. The van der Waals surface area contributed by atoms with Gasteiger partial charge in [0.2, 0.25) is 5.03 Å². The maximum Gasteiger partial charge on any atom is 0.261 e. The molecular weight excluding hydrogens is 243 g/mol. The van der Waals surface area contributed by atoms with Gasteiger partial charge in [0.05, 0.1) is 0 Å². The van der Waals surface area contributed by atoms with Gasteiger partial charge in [0, 0.05) is 12.7 Å². The first-order valence-corrected chi connectivity index (χ1v) is 7.09. The normalized spacial score (nSPS) is 18.0. The fourth-order valence-corrected chi connectivity index (χ4v) is 2.85. The maximum atomic E-state index is 13.3. The van der Waals surface area contributed by atoms with E-state index in [4.69, 9.17) is 0 Å². The van der Waals surface area contributed by atoms with Crippen molar-refractivity contribution in [3.63, 3.8) is 0 Å². The fraction of sp³-hybridized carbons (Fsp3) is 0.545. The van der Waals surface area contributed by atoms with Crippen LogP contribution >= 0.6 is 0 Å². The van der Waals surface area contributed by atoms with Crippen molar-refractivity contribution in [2.45, 2.75) is 24.8 Å². The minimum absolute atomic E-state index is 0.288. The van der Waals surface area contributed by atoms with Crippen LogP contribution in [-0.4, -0.2) is 19.9 Å². The molecule has 0 amide bonds. The average molecular weight is 258 g/mol. The Morgan fingerprint density at radius 1 is 1.59 bits per heavy atom. The monoisotopic (exact) mass is 258 g/mol. The van der Waals surface area contributed by atoms with Gasteiger partial charge in [0.15, 0.2) is 5.82 Å². The molecule has 1 aliphatic carbocycles. The van der Waals surface area contributed by atoms with Gasteiger partial charge in [-0.3, -0.25) is 0 Å². The molecule has 1 saturated carbocycles. The summed E-state index contributed by atoms with van der Waals surface area (Å²) in [6.07, 6.45) is 3.57. The van der Waals surface area contributed by atoms with E-state index in [1.165, 1.54) is 12.3 Å². The van der Waals surface area contributed by atoms with Crippen LogP contribution in [0.1, 0.15) is 19.8 Å². The van der Waals surface area contributed by atoms with E-state index >= 15 is 0 Å².